The Kier molecular flexibility index (Phi) is 9.54. The molecule has 0 spiro atoms. The second-order valence-corrected chi connectivity index (χ2v) is 10.3. The second kappa shape index (κ2) is 12.4. The van der Waals surface area contributed by atoms with Crippen LogP contribution >= 0.6 is 15.9 Å². The largest absolute Gasteiger partial charge is 0.494 e. The van der Waals surface area contributed by atoms with Crippen molar-refractivity contribution in [2.45, 2.75) is 18.2 Å². The van der Waals surface area contributed by atoms with Crippen LogP contribution in [0.3, 0.4) is 0 Å². The number of halogens is 1. The Bertz CT molecular complexity index is 994. The van der Waals surface area contributed by atoms with Crippen molar-refractivity contribution in [2.24, 2.45) is 0 Å². The molecular formula is C23H30BrN3O5S. The van der Waals surface area contributed by atoms with Crippen LogP contribution in [0, 0.1) is 0 Å². The number of rotatable bonds is 11. The maximum absolute atomic E-state index is 13.4. The van der Waals surface area contributed by atoms with Gasteiger partial charge in [0.05, 0.1) is 30.4 Å². The van der Waals surface area contributed by atoms with Crippen LogP contribution in [0.2, 0.25) is 0 Å². The summed E-state index contributed by atoms with van der Waals surface area (Å²) >= 11 is 3.32. The molecule has 3 rings (SSSR count). The highest BCUT2D eigenvalue weighted by Crippen LogP contribution is 2.26. The molecule has 0 saturated carbocycles. The summed E-state index contributed by atoms with van der Waals surface area (Å²) in [6.07, 6.45) is 0.786. The third-order valence-electron chi connectivity index (χ3n) is 5.20. The molecule has 1 saturated heterocycles. The lowest BCUT2D eigenvalue weighted by molar-refractivity contribution is -0.119. The van der Waals surface area contributed by atoms with E-state index < -0.39 is 10.0 Å². The van der Waals surface area contributed by atoms with Crippen molar-refractivity contribution in [3.8, 4) is 5.75 Å². The van der Waals surface area contributed by atoms with Gasteiger partial charge in [0.25, 0.3) is 10.0 Å². The Morgan fingerprint density at radius 3 is 2.42 bits per heavy atom. The Morgan fingerprint density at radius 2 is 1.79 bits per heavy atom. The van der Waals surface area contributed by atoms with Gasteiger partial charge in [0.15, 0.2) is 0 Å². The molecular weight excluding hydrogens is 510 g/mol. The molecule has 1 aliphatic heterocycles. The number of carbonyl (C=O) groups excluding carboxylic acids is 1. The van der Waals surface area contributed by atoms with Crippen LogP contribution in [0.5, 0.6) is 5.75 Å². The molecule has 0 unspecified atom stereocenters. The quantitative estimate of drug-likeness (QED) is 0.441. The summed E-state index contributed by atoms with van der Waals surface area (Å²) in [5.74, 6) is 0.279. The lowest BCUT2D eigenvalue weighted by Crippen LogP contribution is -2.42. The predicted octanol–water partition coefficient (Wildman–Crippen LogP) is 2.88. The van der Waals surface area contributed by atoms with Crippen LogP contribution in [-0.4, -0.2) is 71.8 Å². The molecule has 180 valence electrons. The topological polar surface area (TPSA) is 88.2 Å². The van der Waals surface area contributed by atoms with Gasteiger partial charge in [-0.2, -0.15) is 0 Å². The maximum atomic E-state index is 13.4. The molecule has 0 aromatic heterocycles. The molecule has 0 atom stereocenters. The first-order valence-electron chi connectivity index (χ1n) is 11.0. The van der Waals surface area contributed by atoms with Crippen molar-refractivity contribution in [1.29, 1.82) is 0 Å². The summed E-state index contributed by atoms with van der Waals surface area (Å²) in [7, 11) is -3.95. The molecule has 0 radical (unpaired) electrons. The normalized spacial score (nSPS) is 14.6. The third kappa shape index (κ3) is 7.43. The molecule has 2 aromatic carbocycles. The van der Waals surface area contributed by atoms with Crippen LogP contribution in [-0.2, 0) is 19.6 Å². The van der Waals surface area contributed by atoms with Gasteiger partial charge in [-0.15, -0.1) is 0 Å². The van der Waals surface area contributed by atoms with Crippen molar-refractivity contribution >= 4 is 37.5 Å². The van der Waals surface area contributed by atoms with Crippen molar-refractivity contribution in [2.75, 3.05) is 56.8 Å². The predicted molar refractivity (Wildman–Crippen MR) is 131 cm³/mol. The fourth-order valence-corrected chi connectivity index (χ4v) is 5.15. The molecule has 0 aliphatic carbocycles. The van der Waals surface area contributed by atoms with Crippen LogP contribution in [0.25, 0.3) is 0 Å². The molecule has 8 nitrogen and oxygen atoms in total. The van der Waals surface area contributed by atoms with E-state index >= 15 is 0 Å². The maximum Gasteiger partial charge on any atom is 0.264 e. The van der Waals surface area contributed by atoms with Crippen LogP contribution in [0.1, 0.15) is 13.3 Å². The fraction of sp³-hybridized carbons (Fsp3) is 0.435. The van der Waals surface area contributed by atoms with Gasteiger partial charge in [0.1, 0.15) is 12.3 Å². The minimum Gasteiger partial charge on any atom is -0.494 e. The van der Waals surface area contributed by atoms with Crippen molar-refractivity contribution < 1.29 is 22.7 Å². The molecule has 2 aromatic rings. The van der Waals surface area contributed by atoms with Crippen LogP contribution in [0.15, 0.2) is 57.9 Å². The zero-order chi connectivity index (χ0) is 23.7. The number of ether oxygens (including phenoxy) is 2. The highest BCUT2D eigenvalue weighted by molar-refractivity contribution is 9.10. The molecule has 1 heterocycles. The van der Waals surface area contributed by atoms with Crippen LogP contribution < -0.4 is 14.4 Å². The van der Waals surface area contributed by atoms with Gasteiger partial charge >= 0.3 is 0 Å². The van der Waals surface area contributed by atoms with Gasteiger partial charge in [0, 0.05) is 24.1 Å². The number of sulfonamides is 1. The minimum absolute atomic E-state index is 0.111. The molecule has 0 bridgehead atoms. The van der Waals surface area contributed by atoms with Crippen LogP contribution in [0.4, 0.5) is 5.69 Å². The number of amides is 1. The molecule has 10 heteroatoms. The Labute approximate surface area is 204 Å². The molecule has 1 amide bonds. The van der Waals surface area contributed by atoms with Crippen molar-refractivity contribution in [3.05, 3.63) is 53.0 Å². The van der Waals surface area contributed by atoms with Gasteiger partial charge in [-0.3, -0.25) is 14.0 Å². The fourth-order valence-electron chi connectivity index (χ4n) is 3.47. The number of morpholine rings is 1. The zero-order valence-corrected chi connectivity index (χ0v) is 21.1. The molecule has 1 N–H and O–H groups in total. The van der Waals surface area contributed by atoms with Crippen molar-refractivity contribution in [1.82, 2.24) is 10.2 Å². The average molecular weight is 540 g/mol. The van der Waals surface area contributed by atoms with E-state index in [1.807, 2.05) is 6.92 Å². The number of nitrogens with one attached hydrogen (secondary N) is 1. The number of hydrogen-bond donors (Lipinski definition) is 1. The van der Waals surface area contributed by atoms with E-state index in [-0.39, 0.29) is 17.3 Å². The van der Waals surface area contributed by atoms with Gasteiger partial charge in [-0.25, -0.2) is 8.42 Å². The number of benzene rings is 2. The summed E-state index contributed by atoms with van der Waals surface area (Å²) in [5, 5.41) is 2.85. The molecule has 33 heavy (non-hydrogen) atoms. The van der Waals surface area contributed by atoms with E-state index in [1.54, 1.807) is 36.4 Å². The van der Waals surface area contributed by atoms with Gasteiger partial charge in [-0.1, -0.05) is 15.9 Å². The lowest BCUT2D eigenvalue weighted by Gasteiger charge is -2.26. The smallest absolute Gasteiger partial charge is 0.264 e. The van der Waals surface area contributed by atoms with E-state index in [0.29, 0.717) is 24.6 Å². The Balaban J connectivity index is 1.69. The summed E-state index contributed by atoms with van der Waals surface area (Å²) in [4.78, 5) is 15.1. The lowest BCUT2D eigenvalue weighted by atomic mass is 10.3. The van der Waals surface area contributed by atoms with Crippen molar-refractivity contribution in [3.63, 3.8) is 0 Å². The zero-order valence-electron chi connectivity index (χ0n) is 18.7. The van der Waals surface area contributed by atoms with Gasteiger partial charge in [0.2, 0.25) is 5.91 Å². The summed E-state index contributed by atoms with van der Waals surface area (Å²) in [6.45, 7) is 6.66. The number of carbonyl (C=O) groups is 1. The Morgan fingerprint density at radius 1 is 1.12 bits per heavy atom. The summed E-state index contributed by atoms with van der Waals surface area (Å²) < 4.78 is 39.5. The second-order valence-electron chi connectivity index (χ2n) is 7.55. The summed E-state index contributed by atoms with van der Waals surface area (Å²) in [5.41, 5.74) is 0.393. The third-order valence-corrected chi connectivity index (χ3v) is 7.52. The van der Waals surface area contributed by atoms with E-state index in [9.17, 15) is 13.2 Å². The number of hydrogen-bond acceptors (Lipinski definition) is 6. The summed E-state index contributed by atoms with van der Waals surface area (Å²) in [6, 6.07) is 13.0. The highest BCUT2D eigenvalue weighted by Gasteiger charge is 2.27. The van der Waals surface area contributed by atoms with E-state index in [4.69, 9.17) is 9.47 Å². The minimum atomic E-state index is -3.95. The van der Waals surface area contributed by atoms with Gasteiger partial charge in [-0.05, 0) is 68.4 Å². The Hall–Kier alpha value is -2.14. The number of anilines is 1. The van der Waals surface area contributed by atoms with E-state index in [2.05, 4.69) is 26.1 Å². The monoisotopic (exact) mass is 539 g/mol. The first-order chi connectivity index (χ1) is 15.9. The first-order valence-corrected chi connectivity index (χ1v) is 13.2. The average Bonchev–Trinajstić information content (AvgIpc) is 2.82. The van der Waals surface area contributed by atoms with Gasteiger partial charge < -0.3 is 14.8 Å². The molecule has 1 fully saturated rings. The first kappa shape index (κ1) is 25.5. The number of nitrogens with zero attached hydrogens (tertiary/aromatic N) is 2. The molecule has 1 aliphatic rings. The standard InChI is InChI=1S/C23H30BrN3O5S/c1-2-32-21-8-6-20(7-9-21)27(33(29,30)22-10-4-19(24)5-11-22)18-23(28)25-12-3-13-26-14-16-31-17-15-26/h4-11H,2-3,12-18H2,1H3,(H,25,28). The highest BCUT2D eigenvalue weighted by atomic mass is 79.9. The van der Waals surface area contributed by atoms with E-state index in [1.165, 1.54) is 12.1 Å². The van der Waals surface area contributed by atoms with E-state index in [0.717, 1.165) is 48.0 Å². The SMILES string of the molecule is CCOc1ccc(N(CC(=O)NCCCN2CCOCC2)S(=O)(=O)c2ccc(Br)cc2)cc1.